The van der Waals surface area contributed by atoms with Gasteiger partial charge in [-0.05, 0) is 17.7 Å². The quantitative estimate of drug-likeness (QED) is 0.909. The van der Waals surface area contributed by atoms with Crippen molar-refractivity contribution in [3.8, 4) is 0 Å². The van der Waals surface area contributed by atoms with Gasteiger partial charge in [-0.3, -0.25) is 9.69 Å². The lowest BCUT2D eigenvalue weighted by Crippen LogP contribution is -2.49. The molecule has 0 aromatic heterocycles. The third-order valence-electron chi connectivity index (χ3n) is 4.85. The van der Waals surface area contributed by atoms with Crippen LogP contribution in [0.2, 0.25) is 0 Å². The summed E-state index contributed by atoms with van der Waals surface area (Å²) in [6.45, 7) is 0.952. The molecule has 2 fully saturated rings. The molecule has 2 heterocycles. The molecule has 0 saturated carbocycles. The number of hydrogen-bond acceptors (Lipinski definition) is 3. The Hall–Kier alpha value is -1.60. The van der Waals surface area contributed by atoms with Crippen molar-refractivity contribution in [3.05, 3.63) is 35.6 Å². The highest BCUT2D eigenvalue weighted by molar-refractivity contribution is 5.79. The molecule has 0 unspecified atom stereocenters. The Bertz CT molecular complexity index is 601. The molecule has 7 heteroatoms. The Morgan fingerprint density at radius 1 is 1.25 bits per heavy atom. The number of amides is 1. The van der Waals surface area contributed by atoms with Gasteiger partial charge in [0.05, 0.1) is 18.6 Å². The van der Waals surface area contributed by atoms with Gasteiger partial charge in [-0.25, -0.2) is 13.2 Å². The molecule has 2 aliphatic heterocycles. The second-order valence-electron chi connectivity index (χ2n) is 6.63. The van der Waals surface area contributed by atoms with Gasteiger partial charge in [0.15, 0.2) is 0 Å². The highest BCUT2D eigenvalue weighted by Crippen LogP contribution is 2.30. The fourth-order valence-corrected chi connectivity index (χ4v) is 3.45. The van der Waals surface area contributed by atoms with Crippen LogP contribution in [0.5, 0.6) is 0 Å². The number of halogens is 3. The molecule has 24 heavy (non-hydrogen) atoms. The summed E-state index contributed by atoms with van der Waals surface area (Å²) in [6.07, 6.45) is -1.11. The molecule has 3 rings (SSSR count). The lowest BCUT2D eigenvalue weighted by Gasteiger charge is -2.36. The van der Waals surface area contributed by atoms with Crippen molar-refractivity contribution in [1.82, 2.24) is 9.80 Å². The molecule has 0 spiro atoms. The second kappa shape index (κ2) is 6.72. The largest absolute Gasteiger partial charge is 0.390 e. The van der Waals surface area contributed by atoms with Gasteiger partial charge in [-0.2, -0.15) is 0 Å². The molecule has 0 aliphatic carbocycles. The fraction of sp³-hybridized carbons (Fsp3) is 0.588. The van der Waals surface area contributed by atoms with Crippen LogP contribution in [0.4, 0.5) is 13.2 Å². The molecule has 2 atom stereocenters. The predicted octanol–water partition coefficient (Wildman–Crippen LogP) is 1.67. The van der Waals surface area contributed by atoms with E-state index in [1.807, 2.05) is 4.90 Å². The molecule has 1 N–H and O–H groups in total. The Balaban J connectivity index is 1.58. The minimum absolute atomic E-state index is 0.0648. The van der Waals surface area contributed by atoms with Crippen molar-refractivity contribution in [1.29, 1.82) is 0 Å². The van der Waals surface area contributed by atoms with Crippen molar-refractivity contribution < 1.29 is 23.1 Å². The number of rotatable bonds is 3. The second-order valence-corrected chi connectivity index (χ2v) is 6.63. The molecule has 2 aliphatic rings. The molecule has 2 saturated heterocycles. The van der Waals surface area contributed by atoms with Crippen LogP contribution >= 0.6 is 0 Å². The zero-order chi connectivity index (χ0) is 17.3. The first-order chi connectivity index (χ1) is 11.3. The zero-order valence-corrected chi connectivity index (χ0v) is 13.3. The van der Waals surface area contributed by atoms with Crippen molar-refractivity contribution in [2.24, 2.45) is 0 Å². The molecule has 1 amide bonds. The van der Waals surface area contributed by atoms with Crippen LogP contribution in [0.3, 0.4) is 0 Å². The lowest BCUT2D eigenvalue weighted by atomic mass is 10.0. The van der Waals surface area contributed by atoms with E-state index in [1.165, 1.54) is 17.0 Å². The van der Waals surface area contributed by atoms with Crippen LogP contribution in [0.1, 0.15) is 18.4 Å². The van der Waals surface area contributed by atoms with E-state index in [0.717, 1.165) is 0 Å². The van der Waals surface area contributed by atoms with E-state index in [1.54, 1.807) is 12.1 Å². The highest BCUT2D eigenvalue weighted by atomic mass is 19.3. The van der Waals surface area contributed by atoms with Crippen LogP contribution in [0.15, 0.2) is 24.3 Å². The molecule has 4 nitrogen and oxygen atoms in total. The summed E-state index contributed by atoms with van der Waals surface area (Å²) in [7, 11) is 0. The summed E-state index contributed by atoms with van der Waals surface area (Å²) in [5.41, 5.74) is 0.579. The zero-order valence-electron chi connectivity index (χ0n) is 13.3. The molecular formula is C17H21F3N2O2. The van der Waals surface area contributed by atoms with Crippen molar-refractivity contribution in [3.63, 3.8) is 0 Å². The number of alkyl halides is 2. The Kier molecular flexibility index (Phi) is 4.83. The van der Waals surface area contributed by atoms with Crippen LogP contribution in [0, 0.1) is 5.82 Å². The predicted molar refractivity (Wildman–Crippen MR) is 82.2 cm³/mol. The van der Waals surface area contributed by atoms with Gasteiger partial charge in [0.25, 0.3) is 5.92 Å². The van der Waals surface area contributed by atoms with E-state index in [4.69, 9.17) is 0 Å². The van der Waals surface area contributed by atoms with Crippen LogP contribution in [-0.2, 0) is 11.2 Å². The van der Waals surface area contributed by atoms with Crippen molar-refractivity contribution in [2.45, 2.75) is 37.3 Å². The first-order valence-electron chi connectivity index (χ1n) is 8.16. The molecular weight excluding hydrogens is 321 g/mol. The molecule has 1 aromatic rings. The van der Waals surface area contributed by atoms with E-state index >= 15 is 0 Å². The first-order valence-corrected chi connectivity index (χ1v) is 8.16. The number of carbonyl (C=O) groups is 1. The standard InChI is InChI=1S/C17H21F3N2O2/c18-13-3-1-2-12(8-13)9-16(24)22-10-14(15(23)11-22)21-6-4-17(19,20)5-7-21/h1-3,8,14-15,23H,4-7,9-11H2/t14-,15-/m1/s1. The topological polar surface area (TPSA) is 43.8 Å². The first kappa shape index (κ1) is 17.2. The number of hydrogen-bond donors (Lipinski definition) is 1. The van der Waals surface area contributed by atoms with Gasteiger partial charge in [0, 0.05) is 39.0 Å². The summed E-state index contributed by atoms with van der Waals surface area (Å²) in [6, 6.07) is 5.55. The summed E-state index contributed by atoms with van der Waals surface area (Å²) in [5, 5.41) is 10.2. The number of aliphatic hydroxyl groups is 1. The number of aliphatic hydroxyl groups excluding tert-OH is 1. The third-order valence-corrected chi connectivity index (χ3v) is 4.85. The Morgan fingerprint density at radius 3 is 2.62 bits per heavy atom. The summed E-state index contributed by atoms with van der Waals surface area (Å²) < 4.78 is 39.7. The number of β-amino-alcohol motifs (C(OH)–C–C–N with tert-alkyl or cyclic N) is 1. The molecule has 0 radical (unpaired) electrons. The minimum Gasteiger partial charge on any atom is -0.390 e. The fourth-order valence-electron chi connectivity index (χ4n) is 3.45. The van der Waals surface area contributed by atoms with E-state index in [2.05, 4.69) is 0 Å². The van der Waals surface area contributed by atoms with Gasteiger partial charge in [-0.15, -0.1) is 0 Å². The average molecular weight is 342 g/mol. The van der Waals surface area contributed by atoms with Crippen LogP contribution in [0.25, 0.3) is 0 Å². The van der Waals surface area contributed by atoms with E-state index in [9.17, 15) is 23.1 Å². The maximum Gasteiger partial charge on any atom is 0.250 e. The average Bonchev–Trinajstić information content (AvgIpc) is 2.89. The number of carbonyl (C=O) groups excluding carboxylic acids is 1. The van der Waals surface area contributed by atoms with Crippen molar-refractivity contribution >= 4 is 5.91 Å². The SMILES string of the molecule is O=C(Cc1cccc(F)c1)N1C[C@@H](O)[C@H](N2CCC(F)(F)CC2)C1. The number of likely N-dealkylation sites (tertiary alicyclic amines) is 2. The third kappa shape index (κ3) is 3.89. The summed E-state index contributed by atoms with van der Waals surface area (Å²) in [5.74, 6) is -3.22. The Morgan fingerprint density at radius 2 is 1.96 bits per heavy atom. The smallest absolute Gasteiger partial charge is 0.250 e. The monoisotopic (exact) mass is 342 g/mol. The van der Waals surface area contributed by atoms with Crippen LogP contribution < -0.4 is 0 Å². The van der Waals surface area contributed by atoms with Gasteiger partial charge in [0.1, 0.15) is 5.82 Å². The van der Waals surface area contributed by atoms with E-state index in [0.29, 0.717) is 12.1 Å². The van der Waals surface area contributed by atoms with E-state index < -0.39 is 17.8 Å². The van der Waals surface area contributed by atoms with Crippen LogP contribution in [-0.4, -0.2) is 65.1 Å². The maximum absolute atomic E-state index is 13.3. The summed E-state index contributed by atoms with van der Waals surface area (Å²) >= 11 is 0. The normalized spacial score (nSPS) is 27.4. The number of piperidine rings is 1. The van der Waals surface area contributed by atoms with Gasteiger partial charge in [0.2, 0.25) is 5.91 Å². The van der Waals surface area contributed by atoms with Crippen molar-refractivity contribution in [2.75, 3.05) is 26.2 Å². The summed E-state index contributed by atoms with van der Waals surface area (Å²) in [4.78, 5) is 15.7. The van der Waals surface area contributed by atoms with Gasteiger partial charge < -0.3 is 10.0 Å². The Labute approximate surface area is 138 Å². The molecule has 0 bridgehead atoms. The maximum atomic E-state index is 13.3. The van der Waals surface area contributed by atoms with E-state index in [-0.39, 0.29) is 50.8 Å². The number of nitrogens with zero attached hydrogens (tertiary/aromatic N) is 2. The minimum atomic E-state index is -2.63. The molecule has 1 aromatic carbocycles. The lowest BCUT2D eigenvalue weighted by molar-refractivity contribution is -0.130. The molecule has 132 valence electrons. The van der Waals surface area contributed by atoms with Gasteiger partial charge in [-0.1, -0.05) is 12.1 Å². The van der Waals surface area contributed by atoms with Gasteiger partial charge >= 0.3 is 0 Å². The highest BCUT2D eigenvalue weighted by Gasteiger charge is 2.42. The number of benzene rings is 1.